The molecule has 2 nitrogen and oxygen atoms in total. The first-order valence-corrected chi connectivity index (χ1v) is 3.89. The average Bonchev–Trinajstić information content (AvgIpc) is 2.08. The van der Waals surface area contributed by atoms with Gasteiger partial charge >= 0.3 is 0 Å². The van der Waals surface area contributed by atoms with E-state index in [1.54, 1.807) is 0 Å². The number of nitrogens with zero attached hydrogens (tertiary/aromatic N) is 1. The topological polar surface area (TPSA) is 49.8 Å². The van der Waals surface area contributed by atoms with Gasteiger partial charge in [0.25, 0.3) is 0 Å². The maximum Gasteiger partial charge on any atom is 0.0994 e. The van der Waals surface area contributed by atoms with Crippen molar-refractivity contribution in [2.24, 2.45) is 5.73 Å². The van der Waals surface area contributed by atoms with Gasteiger partial charge in [0.1, 0.15) is 0 Å². The van der Waals surface area contributed by atoms with Crippen LogP contribution >= 0.6 is 12.4 Å². The zero-order valence-corrected chi connectivity index (χ0v) is 8.61. The first-order chi connectivity index (χ1) is 5.69. The third-order valence-electron chi connectivity index (χ3n) is 2.02. The Morgan fingerprint density at radius 2 is 1.92 bits per heavy atom. The Balaban J connectivity index is 0.00000144. The number of hydrogen-bond donors (Lipinski definition) is 1. The van der Waals surface area contributed by atoms with Gasteiger partial charge in [-0.2, -0.15) is 5.26 Å². The van der Waals surface area contributed by atoms with Gasteiger partial charge in [-0.3, -0.25) is 0 Å². The molecule has 0 radical (unpaired) electrons. The van der Waals surface area contributed by atoms with E-state index in [1.807, 2.05) is 26.0 Å². The maximum atomic E-state index is 8.73. The highest BCUT2D eigenvalue weighted by molar-refractivity contribution is 5.85. The molecular weight excluding hydrogens is 184 g/mol. The molecule has 0 amide bonds. The van der Waals surface area contributed by atoms with E-state index < -0.39 is 0 Å². The normalized spacial score (nSPS) is 8.77. The predicted octanol–water partition coefficient (Wildman–Crippen LogP) is 2.06. The van der Waals surface area contributed by atoms with E-state index in [0.717, 1.165) is 22.3 Å². The predicted molar refractivity (Wildman–Crippen MR) is 55.8 cm³/mol. The van der Waals surface area contributed by atoms with E-state index in [1.165, 1.54) is 0 Å². The maximum absolute atomic E-state index is 8.73. The molecule has 0 unspecified atom stereocenters. The molecule has 70 valence electrons. The lowest BCUT2D eigenvalue weighted by Gasteiger charge is -2.05. The second kappa shape index (κ2) is 4.86. The minimum Gasteiger partial charge on any atom is -0.326 e. The van der Waals surface area contributed by atoms with Crippen LogP contribution in [0.4, 0.5) is 0 Å². The van der Waals surface area contributed by atoms with Crippen molar-refractivity contribution in [2.75, 3.05) is 0 Å². The Labute approximate surface area is 84.8 Å². The number of rotatable bonds is 1. The van der Waals surface area contributed by atoms with Crippen LogP contribution in [-0.2, 0) is 6.54 Å². The van der Waals surface area contributed by atoms with Crippen LogP contribution in [0.15, 0.2) is 12.1 Å². The molecule has 0 saturated heterocycles. The van der Waals surface area contributed by atoms with Crippen molar-refractivity contribution in [1.29, 1.82) is 5.26 Å². The molecule has 0 bridgehead atoms. The Morgan fingerprint density at radius 3 is 2.38 bits per heavy atom. The van der Waals surface area contributed by atoms with Crippen LogP contribution in [0.25, 0.3) is 0 Å². The van der Waals surface area contributed by atoms with Gasteiger partial charge in [-0.15, -0.1) is 12.4 Å². The van der Waals surface area contributed by atoms with E-state index in [0.29, 0.717) is 6.54 Å². The van der Waals surface area contributed by atoms with Crippen molar-refractivity contribution in [2.45, 2.75) is 20.4 Å². The molecule has 13 heavy (non-hydrogen) atoms. The van der Waals surface area contributed by atoms with E-state index in [9.17, 15) is 0 Å². The van der Waals surface area contributed by atoms with E-state index in [2.05, 4.69) is 6.07 Å². The van der Waals surface area contributed by atoms with Gasteiger partial charge in [0.05, 0.1) is 11.6 Å². The zero-order chi connectivity index (χ0) is 9.14. The molecule has 3 heteroatoms. The van der Waals surface area contributed by atoms with Gasteiger partial charge in [0, 0.05) is 6.54 Å². The van der Waals surface area contributed by atoms with E-state index in [4.69, 9.17) is 11.0 Å². The fourth-order valence-electron chi connectivity index (χ4n) is 1.22. The Kier molecular flexibility index (Phi) is 4.47. The van der Waals surface area contributed by atoms with Gasteiger partial charge in [-0.1, -0.05) is 6.07 Å². The highest BCUT2D eigenvalue weighted by atomic mass is 35.5. The second-order valence-electron chi connectivity index (χ2n) is 2.91. The molecule has 0 aliphatic heterocycles. The summed E-state index contributed by atoms with van der Waals surface area (Å²) in [6.45, 7) is 4.44. The van der Waals surface area contributed by atoms with Crippen molar-refractivity contribution < 1.29 is 0 Å². The molecule has 2 N–H and O–H groups in total. The largest absolute Gasteiger partial charge is 0.326 e. The van der Waals surface area contributed by atoms with Gasteiger partial charge < -0.3 is 5.73 Å². The number of nitriles is 1. The van der Waals surface area contributed by atoms with Crippen LogP contribution in [0.2, 0.25) is 0 Å². The van der Waals surface area contributed by atoms with Crippen molar-refractivity contribution in [3.8, 4) is 6.07 Å². The van der Waals surface area contributed by atoms with Crippen LogP contribution < -0.4 is 5.73 Å². The molecule has 0 aliphatic carbocycles. The third kappa shape index (κ3) is 2.45. The summed E-state index contributed by atoms with van der Waals surface area (Å²) in [5, 5.41) is 8.73. The molecule has 0 spiro atoms. The van der Waals surface area contributed by atoms with Crippen molar-refractivity contribution in [1.82, 2.24) is 0 Å². The first-order valence-electron chi connectivity index (χ1n) is 3.89. The standard InChI is InChI=1S/C10H12N2.ClH/c1-7-3-10(6-12)8(2)4-9(7)5-11;/h3-4H,5,11H2,1-2H3;1H. The summed E-state index contributed by atoms with van der Waals surface area (Å²) in [6, 6.07) is 6.01. The summed E-state index contributed by atoms with van der Waals surface area (Å²) in [7, 11) is 0. The van der Waals surface area contributed by atoms with Gasteiger partial charge in [-0.05, 0) is 36.6 Å². The lowest BCUT2D eigenvalue weighted by atomic mass is 10.0. The van der Waals surface area contributed by atoms with E-state index >= 15 is 0 Å². The monoisotopic (exact) mass is 196 g/mol. The van der Waals surface area contributed by atoms with Crippen molar-refractivity contribution in [3.05, 3.63) is 34.4 Å². The fourth-order valence-corrected chi connectivity index (χ4v) is 1.22. The average molecular weight is 197 g/mol. The number of hydrogen-bond acceptors (Lipinski definition) is 2. The molecule has 1 aromatic carbocycles. The molecule has 0 aromatic heterocycles. The number of nitrogens with two attached hydrogens (primary N) is 1. The highest BCUT2D eigenvalue weighted by Crippen LogP contribution is 2.14. The summed E-state index contributed by atoms with van der Waals surface area (Å²) < 4.78 is 0. The minimum atomic E-state index is 0. The molecule has 0 heterocycles. The van der Waals surface area contributed by atoms with Gasteiger partial charge in [0.15, 0.2) is 0 Å². The summed E-state index contributed by atoms with van der Waals surface area (Å²) >= 11 is 0. The lowest BCUT2D eigenvalue weighted by Crippen LogP contribution is -2.00. The molecular formula is C10H13ClN2. The number of benzene rings is 1. The molecule has 1 aromatic rings. The van der Waals surface area contributed by atoms with Crippen LogP contribution in [-0.4, -0.2) is 0 Å². The molecule has 0 fully saturated rings. The minimum absolute atomic E-state index is 0. The quantitative estimate of drug-likeness (QED) is 0.748. The zero-order valence-electron chi connectivity index (χ0n) is 7.79. The Morgan fingerprint density at radius 1 is 1.31 bits per heavy atom. The van der Waals surface area contributed by atoms with Crippen LogP contribution in [0.1, 0.15) is 22.3 Å². The molecule has 0 atom stereocenters. The SMILES string of the molecule is Cc1cc(CN)c(C)cc1C#N.Cl. The first kappa shape index (κ1) is 12.0. The van der Waals surface area contributed by atoms with Crippen LogP contribution in [0.3, 0.4) is 0 Å². The third-order valence-corrected chi connectivity index (χ3v) is 2.02. The molecule has 1 rings (SSSR count). The smallest absolute Gasteiger partial charge is 0.0994 e. The summed E-state index contributed by atoms with van der Waals surface area (Å²) in [4.78, 5) is 0. The number of aryl methyl sites for hydroxylation is 2. The fraction of sp³-hybridized carbons (Fsp3) is 0.300. The van der Waals surface area contributed by atoms with Gasteiger partial charge in [-0.25, -0.2) is 0 Å². The van der Waals surface area contributed by atoms with Crippen LogP contribution in [0, 0.1) is 25.2 Å². The summed E-state index contributed by atoms with van der Waals surface area (Å²) in [5.41, 5.74) is 9.49. The van der Waals surface area contributed by atoms with Gasteiger partial charge in [0.2, 0.25) is 0 Å². The summed E-state index contributed by atoms with van der Waals surface area (Å²) in [6.07, 6.45) is 0. The molecule has 0 aliphatic rings. The van der Waals surface area contributed by atoms with Crippen molar-refractivity contribution >= 4 is 12.4 Å². The van der Waals surface area contributed by atoms with E-state index in [-0.39, 0.29) is 12.4 Å². The Bertz CT molecular complexity index is 339. The highest BCUT2D eigenvalue weighted by Gasteiger charge is 2.01. The van der Waals surface area contributed by atoms with Crippen LogP contribution in [0.5, 0.6) is 0 Å². The lowest BCUT2D eigenvalue weighted by molar-refractivity contribution is 1.04. The molecule has 0 saturated carbocycles. The summed E-state index contributed by atoms with van der Waals surface area (Å²) in [5.74, 6) is 0. The second-order valence-corrected chi connectivity index (χ2v) is 2.91. The Hall–Kier alpha value is -1.04. The van der Waals surface area contributed by atoms with Crippen molar-refractivity contribution in [3.63, 3.8) is 0 Å². The number of halogens is 1.